The highest BCUT2D eigenvalue weighted by Gasteiger charge is 2.26. The molecule has 0 fully saturated rings. The van der Waals surface area contributed by atoms with Crippen molar-refractivity contribution in [2.45, 2.75) is 52.4 Å². The summed E-state index contributed by atoms with van der Waals surface area (Å²) in [6.45, 7) is 8.97. The minimum atomic E-state index is -0.298. The molecule has 0 radical (unpaired) electrons. The van der Waals surface area contributed by atoms with Gasteiger partial charge in [0.05, 0.1) is 12.7 Å². The third kappa shape index (κ3) is 3.38. The van der Waals surface area contributed by atoms with E-state index in [1.54, 1.807) is 6.07 Å². The summed E-state index contributed by atoms with van der Waals surface area (Å²) in [6, 6.07) is 14.4. The van der Waals surface area contributed by atoms with E-state index < -0.39 is 0 Å². The smallest absolute Gasteiger partial charge is 0.337 e. The number of aryl methyl sites for hydroxylation is 1. The maximum atomic E-state index is 11.8. The summed E-state index contributed by atoms with van der Waals surface area (Å²) in [5, 5.41) is 0. The van der Waals surface area contributed by atoms with Gasteiger partial charge in [0.2, 0.25) is 0 Å². The molecule has 0 aliphatic carbocycles. The molecule has 0 N–H and O–H groups in total. The van der Waals surface area contributed by atoms with Crippen molar-refractivity contribution in [3.8, 4) is 11.1 Å². The second kappa shape index (κ2) is 7.65. The monoisotopic (exact) mass is 324 g/mol. The number of esters is 1. The van der Waals surface area contributed by atoms with Gasteiger partial charge < -0.3 is 4.74 Å². The van der Waals surface area contributed by atoms with Crippen molar-refractivity contribution in [3.63, 3.8) is 0 Å². The van der Waals surface area contributed by atoms with Gasteiger partial charge in [0.15, 0.2) is 0 Å². The average Bonchev–Trinajstić information content (AvgIpc) is 2.63. The second-order valence-electron chi connectivity index (χ2n) is 6.44. The summed E-state index contributed by atoms with van der Waals surface area (Å²) in [5.41, 5.74) is 5.73. The lowest BCUT2D eigenvalue weighted by Crippen LogP contribution is -2.23. The molecule has 2 nitrogen and oxygen atoms in total. The summed E-state index contributed by atoms with van der Waals surface area (Å²) in [7, 11) is 1.41. The van der Waals surface area contributed by atoms with Crippen LogP contribution < -0.4 is 0 Å². The Balaban J connectivity index is 2.46. The molecule has 0 bridgehead atoms. The van der Waals surface area contributed by atoms with Crippen LogP contribution >= 0.6 is 0 Å². The van der Waals surface area contributed by atoms with Gasteiger partial charge in [0.1, 0.15) is 0 Å². The molecular formula is C22H28O2. The molecule has 0 aliphatic heterocycles. The summed E-state index contributed by atoms with van der Waals surface area (Å²) < 4.78 is 4.83. The number of methoxy groups -OCH3 is 1. The van der Waals surface area contributed by atoms with Gasteiger partial charge in [-0.1, -0.05) is 51.1 Å². The average molecular weight is 324 g/mol. The van der Waals surface area contributed by atoms with E-state index in [1.807, 2.05) is 18.2 Å². The highest BCUT2D eigenvalue weighted by molar-refractivity contribution is 5.91. The maximum Gasteiger partial charge on any atom is 0.337 e. The molecule has 128 valence electrons. The van der Waals surface area contributed by atoms with Gasteiger partial charge in [-0.15, -0.1) is 0 Å². The molecule has 0 atom stereocenters. The van der Waals surface area contributed by atoms with Crippen LogP contribution in [0.15, 0.2) is 42.5 Å². The lowest BCUT2D eigenvalue weighted by atomic mass is 9.73. The van der Waals surface area contributed by atoms with Gasteiger partial charge in [0, 0.05) is 0 Å². The predicted molar refractivity (Wildman–Crippen MR) is 101 cm³/mol. The van der Waals surface area contributed by atoms with Crippen molar-refractivity contribution in [3.05, 3.63) is 59.2 Å². The Morgan fingerprint density at radius 2 is 1.67 bits per heavy atom. The first-order chi connectivity index (χ1) is 11.5. The van der Waals surface area contributed by atoms with Crippen LogP contribution in [0.1, 0.15) is 61.5 Å². The zero-order valence-electron chi connectivity index (χ0n) is 15.5. The van der Waals surface area contributed by atoms with Crippen LogP contribution in [0.4, 0.5) is 0 Å². The van der Waals surface area contributed by atoms with E-state index in [2.05, 4.69) is 45.9 Å². The Labute approximate surface area is 145 Å². The largest absolute Gasteiger partial charge is 0.465 e. The first kappa shape index (κ1) is 18.3. The van der Waals surface area contributed by atoms with Crippen LogP contribution in [0.5, 0.6) is 0 Å². The molecule has 0 saturated carbocycles. The van der Waals surface area contributed by atoms with Gasteiger partial charge in [-0.3, -0.25) is 0 Å². The molecule has 24 heavy (non-hydrogen) atoms. The Morgan fingerprint density at radius 3 is 2.21 bits per heavy atom. The van der Waals surface area contributed by atoms with Crippen molar-refractivity contribution in [2.24, 2.45) is 0 Å². The van der Waals surface area contributed by atoms with Crippen LogP contribution in [0.3, 0.4) is 0 Å². The van der Waals surface area contributed by atoms with Crippen LogP contribution in [0.25, 0.3) is 11.1 Å². The number of hydrogen-bond donors (Lipinski definition) is 0. The minimum absolute atomic E-state index is 0.261. The van der Waals surface area contributed by atoms with Crippen LogP contribution in [0.2, 0.25) is 0 Å². The number of hydrogen-bond acceptors (Lipinski definition) is 2. The van der Waals surface area contributed by atoms with Gasteiger partial charge in [0.25, 0.3) is 0 Å². The van der Waals surface area contributed by atoms with Gasteiger partial charge >= 0.3 is 5.97 Å². The van der Waals surface area contributed by atoms with Crippen molar-refractivity contribution in [1.29, 1.82) is 0 Å². The number of benzene rings is 2. The van der Waals surface area contributed by atoms with Crippen LogP contribution in [-0.2, 0) is 10.2 Å². The van der Waals surface area contributed by atoms with Crippen molar-refractivity contribution < 1.29 is 9.53 Å². The molecule has 2 aromatic carbocycles. The molecule has 0 spiro atoms. The highest BCUT2D eigenvalue weighted by Crippen LogP contribution is 2.37. The fourth-order valence-corrected chi connectivity index (χ4v) is 3.61. The Kier molecular flexibility index (Phi) is 5.82. The molecule has 0 saturated heterocycles. The van der Waals surface area contributed by atoms with E-state index in [0.29, 0.717) is 5.56 Å². The lowest BCUT2D eigenvalue weighted by molar-refractivity contribution is 0.0601. The summed E-state index contributed by atoms with van der Waals surface area (Å²) in [4.78, 5) is 11.8. The summed E-state index contributed by atoms with van der Waals surface area (Å²) in [5.74, 6) is -0.298. The standard InChI is InChI=1S/C22H28O2/c1-6-22(7-2,8-3)19-12-13-20(16(4)14-19)17-10-9-11-18(15-17)21(23)24-5/h9-15H,6-8H2,1-5H3. The van der Waals surface area contributed by atoms with Crippen LogP contribution in [-0.4, -0.2) is 13.1 Å². The van der Waals surface area contributed by atoms with Crippen molar-refractivity contribution >= 4 is 5.97 Å². The first-order valence-corrected chi connectivity index (χ1v) is 8.81. The fraction of sp³-hybridized carbons (Fsp3) is 0.409. The quantitative estimate of drug-likeness (QED) is 0.617. The molecule has 2 aromatic rings. The zero-order chi connectivity index (χ0) is 17.7. The van der Waals surface area contributed by atoms with Gasteiger partial charge in [-0.05, 0) is 66.0 Å². The highest BCUT2D eigenvalue weighted by atomic mass is 16.5. The molecule has 0 aliphatic rings. The fourth-order valence-electron chi connectivity index (χ4n) is 3.61. The Hall–Kier alpha value is -2.09. The molecular weight excluding hydrogens is 296 g/mol. The third-order valence-corrected chi connectivity index (χ3v) is 5.46. The lowest BCUT2D eigenvalue weighted by Gasteiger charge is -2.32. The SMILES string of the molecule is CCC(CC)(CC)c1ccc(-c2cccc(C(=O)OC)c2)c(C)c1. The van der Waals surface area contributed by atoms with Gasteiger partial charge in [-0.2, -0.15) is 0 Å². The van der Waals surface area contributed by atoms with E-state index in [9.17, 15) is 4.79 Å². The number of rotatable bonds is 6. The van der Waals surface area contributed by atoms with E-state index in [4.69, 9.17) is 4.74 Å². The second-order valence-corrected chi connectivity index (χ2v) is 6.44. The van der Waals surface area contributed by atoms with E-state index in [1.165, 1.54) is 23.8 Å². The first-order valence-electron chi connectivity index (χ1n) is 8.81. The Morgan fingerprint density at radius 1 is 1.00 bits per heavy atom. The number of ether oxygens (including phenoxy) is 1. The van der Waals surface area contributed by atoms with E-state index >= 15 is 0 Å². The van der Waals surface area contributed by atoms with Gasteiger partial charge in [-0.25, -0.2) is 4.79 Å². The third-order valence-electron chi connectivity index (χ3n) is 5.46. The summed E-state index contributed by atoms with van der Waals surface area (Å²) in [6.07, 6.45) is 3.45. The normalized spacial score (nSPS) is 11.4. The number of carbonyl (C=O) groups excluding carboxylic acids is 1. The van der Waals surface area contributed by atoms with Crippen LogP contribution in [0, 0.1) is 6.92 Å². The van der Waals surface area contributed by atoms with E-state index in [-0.39, 0.29) is 11.4 Å². The maximum absolute atomic E-state index is 11.8. The zero-order valence-corrected chi connectivity index (χ0v) is 15.5. The summed E-state index contributed by atoms with van der Waals surface area (Å²) >= 11 is 0. The van der Waals surface area contributed by atoms with E-state index in [0.717, 1.165) is 24.8 Å². The number of carbonyl (C=O) groups is 1. The molecule has 0 amide bonds. The van der Waals surface area contributed by atoms with Crippen molar-refractivity contribution in [2.75, 3.05) is 7.11 Å². The Bertz CT molecular complexity index is 703. The molecule has 2 heteroatoms. The minimum Gasteiger partial charge on any atom is -0.465 e. The molecule has 0 aromatic heterocycles. The molecule has 0 heterocycles. The molecule has 2 rings (SSSR count). The topological polar surface area (TPSA) is 26.3 Å². The van der Waals surface area contributed by atoms with Crippen molar-refractivity contribution in [1.82, 2.24) is 0 Å². The predicted octanol–water partition coefficient (Wildman–Crippen LogP) is 5.92. The molecule has 0 unspecified atom stereocenters.